The molecule has 34 heavy (non-hydrogen) atoms. The Balaban J connectivity index is 1.27. The van der Waals surface area contributed by atoms with Gasteiger partial charge in [-0.1, -0.05) is 36.4 Å². The van der Waals surface area contributed by atoms with E-state index < -0.39 is 15.9 Å². The molecule has 0 spiro atoms. The lowest BCUT2D eigenvalue weighted by Crippen LogP contribution is -2.40. The zero-order chi connectivity index (χ0) is 23.7. The maximum atomic E-state index is 12.9. The van der Waals surface area contributed by atoms with Gasteiger partial charge in [-0.25, -0.2) is 8.42 Å². The number of nitrogens with zero attached hydrogens (tertiary/aromatic N) is 2. The summed E-state index contributed by atoms with van der Waals surface area (Å²) in [6, 6.07) is 19.8. The van der Waals surface area contributed by atoms with Crippen molar-refractivity contribution in [3.8, 4) is 0 Å². The molecule has 9 heteroatoms. The molecule has 3 aromatic carbocycles. The van der Waals surface area contributed by atoms with E-state index in [9.17, 15) is 18.0 Å². The molecule has 2 saturated heterocycles. The predicted octanol–water partition coefficient (Wildman–Crippen LogP) is 2.85. The molecule has 1 atom stereocenters. The van der Waals surface area contributed by atoms with E-state index in [1.165, 1.54) is 16.4 Å². The fourth-order valence-corrected chi connectivity index (χ4v) is 5.86. The molecule has 2 fully saturated rings. The van der Waals surface area contributed by atoms with E-state index in [-0.39, 0.29) is 23.1 Å². The maximum absolute atomic E-state index is 12.9. The van der Waals surface area contributed by atoms with Crippen molar-refractivity contribution in [1.82, 2.24) is 4.31 Å². The summed E-state index contributed by atoms with van der Waals surface area (Å²) >= 11 is 0. The van der Waals surface area contributed by atoms with Gasteiger partial charge >= 0.3 is 0 Å². The number of anilines is 2. The normalized spacial score (nSPS) is 19.5. The second-order valence-corrected chi connectivity index (χ2v) is 10.4. The smallest absolute Gasteiger partial charge is 0.243 e. The first kappa shape index (κ1) is 22.5. The summed E-state index contributed by atoms with van der Waals surface area (Å²) in [5.74, 6) is -0.855. The molecule has 2 aliphatic heterocycles. The number of morpholine rings is 1. The van der Waals surface area contributed by atoms with Gasteiger partial charge in [-0.3, -0.25) is 9.59 Å². The van der Waals surface area contributed by atoms with E-state index in [0.29, 0.717) is 38.5 Å². The molecule has 0 bridgehead atoms. The first-order valence-electron chi connectivity index (χ1n) is 11.2. The quantitative estimate of drug-likeness (QED) is 0.607. The molecule has 0 unspecified atom stereocenters. The highest BCUT2D eigenvalue weighted by Gasteiger charge is 2.36. The fraction of sp³-hybridized carbons (Fsp3) is 0.280. The van der Waals surface area contributed by atoms with E-state index in [2.05, 4.69) is 5.32 Å². The molecule has 8 nitrogen and oxygen atoms in total. The molecule has 5 rings (SSSR count). The molecule has 1 N–H and O–H groups in total. The van der Waals surface area contributed by atoms with Gasteiger partial charge in [0.05, 0.1) is 29.7 Å². The number of nitrogens with one attached hydrogen (secondary N) is 1. The van der Waals surface area contributed by atoms with Crippen LogP contribution < -0.4 is 10.2 Å². The van der Waals surface area contributed by atoms with Crippen molar-refractivity contribution in [3.05, 3.63) is 66.7 Å². The van der Waals surface area contributed by atoms with Crippen LogP contribution in [0.25, 0.3) is 10.8 Å². The van der Waals surface area contributed by atoms with E-state index in [0.717, 1.165) is 16.5 Å². The number of hydrogen-bond donors (Lipinski definition) is 1. The van der Waals surface area contributed by atoms with Crippen LogP contribution in [0.2, 0.25) is 0 Å². The van der Waals surface area contributed by atoms with Crippen molar-refractivity contribution in [2.24, 2.45) is 5.92 Å². The highest BCUT2D eigenvalue weighted by Crippen LogP contribution is 2.32. The molecular weight excluding hydrogens is 454 g/mol. The molecule has 2 heterocycles. The summed E-state index contributed by atoms with van der Waals surface area (Å²) in [6.07, 6.45) is 0.124. The van der Waals surface area contributed by atoms with Gasteiger partial charge in [-0.15, -0.1) is 0 Å². The Bertz CT molecular complexity index is 1330. The first-order valence-corrected chi connectivity index (χ1v) is 12.6. The van der Waals surface area contributed by atoms with Crippen molar-refractivity contribution in [2.75, 3.05) is 43.1 Å². The Labute approximate surface area is 198 Å². The maximum Gasteiger partial charge on any atom is 0.243 e. The lowest BCUT2D eigenvalue weighted by atomic mass is 10.1. The minimum atomic E-state index is -3.60. The molecule has 2 amide bonds. The Morgan fingerprint density at radius 1 is 0.941 bits per heavy atom. The van der Waals surface area contributed by atoms with Gasteiger partial charge in [0.15, 0.2) is 0 Å². The number of benzene rings is 3. The number of rotatable bonds is 5. The van der Waals surface area contributed by atoms with Gasteiger partial charge < -0.3 is 15.0 Å². The SMILES string of the molecule is O=C(Nc1ccc(S(=O)(=O)N2CCOCC2)cc1)[C@@H]1CC(=O)N(c2cccc3ccccc23)C1. The summed E-state index contributed by atoms with van der Waals surface area (Å²) < 4.78 is 32.2. The van der Waals surface area contributed by atoms with Gasteiger partial charge in [0.25, 0.3) is 0 Å². The van der Waals surface area contributed by atoms with Gasteiger partial charge in [-0.05, 0) is 35.7 Å². The van der Waals surface area contributed by atoms with Gasteiger partial charge in [0.1, 0.15) is 0 Å². The fourth-order valence-electron chi connectivity index (χ4n) is 4.45. The number of carbonyl (C=O) groups excluding carboxylic acids is 2. The van der Waals surface area contributed by atoms with Crippen LogP contribution in [0.3, 0.4) is 0 Å². The monoisotopic (exact) mass is 479 g/mol. The Kier molecular flexibility index (Phi) is 6.07. The molecule has 3 aromatic rings. The molecule has 0 aliphatic carbocycles. The van der Waals surface area contributed by atoms with Crippen LogP contribution in [-0.4, -0.2) is 57.4 Å². The third-order valence-corrected chi connectivity index (χ3v) is 8.20. The van der Waals surface area contributed by atoms with Crippen molar-refractivity contribution in [1.29, 1.82) is 0 Å². The minimum Gasteiger partial charge on any atom is -0.379 e. The highest BCUT2D eigenvalue weighted by molar-refractivity contribution is 7.89. The summed E-state index contributed by atoms with van der Waals surface area (Å²) in [5.41, 5.74) is 1.29. The topological polar surface area (TPSA) is 96.0 Å². The zero-order valence-corrected chi connectivity index (χ0v) is 19.3. The van der Waals surface area contributed by atoms with Crippen LogP contribution in [-0.2, 0) is 24.3 Å². The standard InChI is InChI=1S/C25H25N3O5S/c29-24-16-19(17-28(24)23-7-3-5-18-4-1-2-6-22(18)23)25(30)26-20-8-10-21(11-9-20)34(31,32)27-12-14-33-15-13-27/h1-11,19H,12-17H2,(H,26,30)/t19-/m1/s1. The Morgan fingerprint density at radius 3 is 2.41 bits per heavy atom. The average molecular weight is 480 g/mol. The number of fused-ring (bicyclic) bond motifs is 1. The number of ether oxygens (including phenoxy) is 1. The molecule has 0 aromatic heterocycles. The second kappa shape index (κ2) is 9.17. The van der Waals surface area contributed by atoms with Crippen LogP contribution in [0.4, 0.5) is 11.4 Å². The molecule has 2 aliphatic rings. The number of carbonyl (C=O) groups is 2. The third-order valence-electron chi connectivity index (χ3n) is 6.28. The number of amides is 2. The summed E-state index contributed by atoms with van der Waals surface area (Å²) in [5, 5.41) is 4.83. The minimum absolute atomic E-state index is 0.0940. The molecule has 0 saturated carbocycles. The van der Waals surface area contributed by atoms with Gasteiger partial charge in [0, 0.05) is 37.1 Å². The van der Waals surface area contributed by atoms with Crippen molar-refractivity contribution >= 4 is 44.0 Å². The van der Waals surface area contributed by atoms with Crippen LogP contribution in [0.15, 0.2) is 71.6 Å². The lowest BCUT2D eigenvalue weighted by Gasteiger charge is -2.26. The van der Waals surface area contributed by atoms with Crippen molar-refractivity contribution in [2.45, 2.75) is 11.3 Å². The highest BCUT2D eigenvalue weighted by atomic mass is 32.2. The Morgan fingerprint density at radius 2 is 1.65 bits per heavy atom. The van der Waals surface area contributed by atoms with E-state index in [1.807, 2.05) is 42.5 Å². The molecular formula is C25H25N3O5S. The van der Waals surface area contributed by atoms with Crippen molar-refractivity contribution in [3.63, 3.8) is 0 Å². The third kappa shape index (κ3) is 4.29. The van der Waals surface area contributed by atoms with Crippen LogP contribution >= 0.6 is 0 Å². The van der Waals surface area contributed by atoms with Crippen LogP contribution in [0.1, 0.15) is 6.42 Å². The van der Waals surface area contributed by atoms with Crippen LogP contribution in [0, 0.1) is 5.92 Å². The van der Waals surface area contributed by atoms with Gasteiger partial charge in [0.2, 0.25) is 21.8 Å². The molecule has 176 valence electrons. The van der Waals surface area contributed by atoms with Crippen LogP contribution in [0.5, 0.6) is 0 Å². The zero-order valence-electron chi connectivity index (χ0n) is 18.5. The number of sulfonamides is 1. The molecule has 0 radical (unpaired) electrons. The van der Waals surface area contributed by atoms with Crippen molar-refractivity contribution < 1.29 is 22.7 Å². The largest absolute Gasteiger partial charge is 0.379 e. The summed E-state index contributed by atoms with van der Waals surface area (Å²) in [7, 11) is -3.60. The summed E-state index contributed by atoms with van der Waals surface area (Å²) in [4.78, 5) is 27.5. The van der Waals surface area contributed by atoms with Gasteiger partial charge in [-0.2, -0.15) is 4.31 Å². The second-order valence-electron chi connectivity index (χ2n) is 8.43. The summed E-state index contributed by atoms with van der Waals surface area (Å²) in [6.45, 7) is 1.70. The van der Waals surface area contributed by atoms with E-state index in [4.69, 9.17) is 4.74 Å². The lowest BCUT2D eigenvalue weighted by molar-refractivity contribution is -0.122. The predicted molar refractivity (Wildman–Crippen MR) is 129 cm³/mol. The average Bonchev–Trinajstić information content (AvgIpc) is 3.26. The van der Waals surface area contributed by atoms with E-state index in [1.54, 1.807) is 17.0 Å². The first-order chi connectivity index (χ1) is 16.4. The van der Waals surface area contributed by atoms with E-state index >= 15 is 0 Å². The number of hydrogen-bond acceptors (Lipinski definition) is 5. The Hall–Kier alpha value is -3.27.